The van der Waals surface area contributed by atoms with E-state index in [-0.39, 0.29) is 0 Å². The van der Waals surface area contributed by atoms with E-state index in [9.17, 15) is 0 Å². The van der Waals surface area contributed by atoms with Crippen molar-refractivity contribution in [3.8, 4) is 11.3 Å². The number of rotatable bonds is 0. The average molecular weight is 283 g/mol. The average Bonchev–Trinajstić information content (AvgIpc) is 2.85. The third kappa shape index (κ3) is 1.59. The second-order valence-corrected chi connectivity index (χ2v) is 6.20. The van der Waals surface area contributed by atoms with Gasteiger partial charge in [-0.3, -0.25) is 0 Å². The number of fused-ring (bicyclic) bond motifs is 7. The summed E-state index contributed by atoms with van der Waals surface area (Å²) in [5, 5.41) is 4.12. The van der Waals surface area contributed by atoms with Gasteiger partial charge in [-0.2, -0.15) is 0 Å². The van der Waals surface area contributed by atoms with Gasteiger partial charge in [0.1, 0.15) is 0 Å². The van der Waals surface area contributed by atoms with Gasteiger partial charge in [-0.05, 0) is 47.2 Å². The van der Waals surface area contributed by atoms with Crippen LogP contribution in [0.2, 0.25) is 0 Å². The number of aromatic nitrogens is 1. The highest BCUT2D eigenvalue weighted by molar-refractivity contribution is 6.10. The predicted octanol–water partition coefficient (Wildman–Crippen LogP) is 5.48. The zero-order valence-electron chi connectivity index (χ0n) is 12.4. The number of hydrogen-bond donors (Lipinski definition) is 1. The van der Waals surface area contributed by atoms with E-state index in [1.807, 2.05) is 0 Å². The first-order valence-corrected chi connectivity index (χ1v) is 8.02. The van der Waals surface area contributed by atoms with Crippen LogP contribution in [0, 0.1) is 0 Å². The van der Waals surface area contributed by atoms with Gasteiger partial charge in [0, 0.05) is 22.2 Å². The molecule has 1 N–H and O–H groups in total. The minimum atomic E-state index is 1.15. The highest BCUT2D eigenvalue weighted by atomic mass is 14.7. The Hall–Kier alpha value is -2.54. The molecule has 1 nitrogen and oxygen atoms in total. The van der Waals surface area contributed by atoms with Crippen molar-refractivity contribution >= 4 is 21.7 Å². The van der Waals surface area contributed by atoms with Gasteiger partial charge in [0.05, 0.1) is 0 Å². The summed E-state index contributed by atoms with van der Waals surface area (Å²) in [6, 6.07) is 22.0. The molecular formula is C21H17N. The quantitative estimate of drug-likeness (QED) is 0.440. The topological polar surface area (TPSA) is 15.8 Å². The number of aromatic amines is 1. The van der Waals surface area contributed by atoms with E-state index in [0.717, 1.165) is 6.42 Å². The largest absolute Gasteiger partial charge is 0.354 e. The Labute approximate surface area is 129 Å². The summed E-state index contributed by atoms with van der Waals surface area (Å²) in [4.78, 5) is 3.70. The van der Waals surface area contributed by atoms with Crippen LogP contribution < -0.4 is 0 Å². The van der Waals surface area contributed by atoms with Crippen molar-refractivity contribution in [2.24, 2.45) is 0 Å². The molecule has 0 bridgehead atoms. The second kappa shape index (κ2) is 4.48. The number of H-pyrrole nitrogens is 1. The normalized spacial score (nSPS) is 13.8. The molecule has 1 aromatic heterocycles. The Morgan fingerprint density at radius 2 is 1.64 bits per heavy atom. The molecule has 0 atom stereocenters. The van der Waals surface area contributed by atoms with Crippen molar-refractivity contribution in [2.45, 2.75) is 19.3 Å². The van der Waals surface area contributed by atoms with Crippen LogP contribution in [-0.4, -0.2) is 4.98 Å². The summed E-state index contributed by atoms with van der Waals surface area (Å²) in [7, 11) is 0. The Kier molecular flexibility index (Phi) is 2.45. The zero-order chi connectivity index (χ0) is 14.5. The van der Waals surface area contributed by atoms with E-state index >= 15 is 0 Å². The molecule has 1 aliphatic rings. The predicted molar refractivity (Wildman–Crippen MR) is 93.3 cm³/mol. The Morgan fingerprint density at radius 3 is 2.64 bits per heavy atom. The third-order valence-corrected chi connectivity index (χ3v) is 4.95. The van der Waals surface area contributed by atoms with Gasteiger partial charge in [0.15, 0.2) is 0 Å². The van der Waals surface area contributed by atoms with Gasteiger partial charge in [-0.1, -0.05) is 54.6 Å². The van der Waals surface area contributed by atoms with Gasteiger partial charge in [0.2, 0.25) is 0 Å². The lowest BCUT2D eigenvalue weighted by Gasteiger charge is -2.04. The first-order valence-electron chi connectivity index (χ1n) is 8.02. The summed E-state index contributed by atoms with van der Waals surface area (Å²) in [6.07, 6.45) is 3.54. The maximum atomic E-state index is 3.70. The van der Waals surface area contributed by atoms with Crippen molar-refractivity contribution in [1.82, 2.24) is 4.98 Å². The monoisotopic (exact) mass is 283 g/mol. The van der Waals surface area contributed by atoms with E-state index in [2.05, 4.69) is 65.6 Å². The lowest BCUT2D eigenvalue weighted by molar-refractivity contribution is 0.839. The van der Waals surface area contributed by atoms with Crippen LogP contribution in [0.5, 0.6) is 0 Å². The minimum Gasteiger partial charge on any atom is -0.354 e. The van der Waals surface area contributed by atoms with Gasteiger partial charge >= 0.3 is 0 Å². The molecule has 1 aliphatic carbocycles. The molecule has 0 amide bonds. The molecule has 1 heteroatoms. The highest BCUT2D eigenvalue weighted by Crippen LogP contribution is 2.39. The fourth-order valence-electron chi connectivity index (χ4n) is 3.95. The first kappa shape index (κ1) is 12.0. The van der Waals surface area contributed by atoms with Gasteiger partial charge in [-0.15, -0.1) is 0 Å². The van der Waals surface area contributed by atoms with E-state index in [1.165, 1.54) is 56.9 Å². The molecule has 106 valence electrons. The SMILES string of the molecule is c1ccc2c(c1)CCCc1c-2[nH]c2ccc3ccccc3c12. The van der Waals surface area contributed by atoms with Crippen molar-refractivity contribution in [2.75, 3.05) is 0 Å². The number of nitrogens with one attached hydrogen (secondary N) is 1. The number of benzene rings is 3. The van der Waals surface area contributed by atoms with Crippen LogP contribution in [-0.2, 0) is 12.8 Å². The molecule has 22 heavy (non-hydrogen) atoms. The Bertz CT molecular complexity index is 1010. The second-order valence-electron chi connectivity index (χ2n) is 6.20. The summed E-state index contributed by atoms with van der Waals surface area (Å²) in [6.45, 7) is 0. The number of hydrogen-bond acceptors (Lipinski definition) is 0. The zero-order valence-corrected chi connectivity index (χ0v) is 12.4. The molecule has 0 saturated heterocycles. The van der Waals surface area contributed by atoms with Crippen LogP contribution in [0.15, 0.2) is 60.7 Å². The van der Waals surface area contributed by atoms with Gasteiger partial charge < -0.3 is 4.98 Å². The molecule has 0 aliphatic heterocycles. The Morgan fingerprint density at radius 1 is 0.773 bits per heavy atom. The van der Waals surface area contributed by atoms with Gasteiger partial charge in [-0.25, -0.2) is 0 Å². The molecule has 5 rings (SSSR count). The van der Waals surface area contributed by atoms with Crippen molar-refractivity contribution < 1.29 is 0 Å². The first-order chi connectivity index (χ1) is 10.9. The van der Waals surface area contributed by atoms with Crippen LogP contribution in [0.1, 0.15) is 17.5 Å². The molecule has 4 aromatic rings. The van der Waals surface area contributed by atoms with Crippen molar-refractivity contribution in [1.29, 1.82) is 0 Å². The summed E-state index contributed by atoms with van der Waals surface area (Å²) in [5.74, 6) is 0. The summed E-state index contributed by atoms with van der Waals surface area (Å²) >= 11 is 0. The molecule has 0 spiro atoms. The van der Waals surface area contributed by atoms with Crippen LogP contribution in [0.4, 0.5) is 0 Å². The van der Waals surface area contributed by atoms with E-state index in [4.69, 9.17) is 0 Å². The van der Waals surface area contributed by atoms with Crippen LogP contribution in [0.25, 0.3) is 32.9 Å². The van der Waals surface area contributed by atoms with E-state index < -0.39 is 0 Å². The van der Waals surface area contributed by atoms with E-state index in [1.54, 1.807) is 0 Å². The third-order valence-electron chi connectivity index (χ3n) is 4.95. The maximum absolute atomic E-state index is 3.70. The van der Waals surface area contributed by atoms with E-state index in [0.29, 0.717) is 0 Å². The minimum absolute atomic E-state index is 1.15. The van der Waals surface area contributed by atoms with Gasteiger partial charge in [0.25, 0.3) is 0 Å². The van der Waals surface area contributed by atoms with Crippen LogP contribution >= 0.6 is 0 Å². The lowest BCUT2D eigenvalue weighted by Crippen LogP contribution is -1.86. The molecule has 0 saturated carbocycles. The van der Waals surface area contributed by atoms with Crippen molar-refractivity contribution in [3.63, 3.8) is 0 Å². The standard InChI is InChI=1S/C21H17N/c1-3-9-16-15(7-1)12-13-19-20(16)18-11-5-8-14-6-2-4-10-17(14)21(18)22-19/h1-4,6-7,9-10,12-13,22H,5,8,11H2. The molecule has 1 heterocycles. The van der Waals surface area contributed by atoms with Crippen LogP contribution in [0.3, 0.4) is 0 Å². The van der Waals surface area contributed by atoms with Crippen molar-refractivity contribution in [3.05, 3.63) is 71.8 Å². The molecular weight excluding hydrogens is 266 g/mol. The molecule has 0 unspecified atom stereocenters. The molecule has 0 radical (unpaired) electrons. The summed E-state index contributed by atoms with van der Waals surface area (Å²) in [5.41, 5.74) is 6.95. The fraction of sp³-hybridized carbons (Fsp3) is 0.143. The molecule has 0 fully saturated rings. The highest BCUT2D eigenvalue weighted by Gasteiger charge is 2.19. The Balaban J connectivity index is 1.94. The lowest BCUT2D eigenvalue weighted by atomic mass is 9.99. The molecule has 3 aromatic carbocycles. The smallest absolute Gasteiger partial charge is 0.0500 e. The summed E-state index contributed by atoms with van der Waals surface area (Å²) < 4.78 is 0. The number of aryl methyl sites for hydroxylation is 2. The maximum Gasteiger partial charge on any atom is 0.0500 e. The fourth-order valence-corrected chi connectivity index (χ4v) is 3.95.